The van der Waals surface area contributed by atoms with Crippen LogP contribution in [0.4, 0.5) is 0 Å². The summed E-state index contributed by atoms with van der Waals surface area (Å²) < 4.78 is 0. The van der Waals surface area contributed by atoms with Crippen molar-refractivity contribution in [2.45, 2.75) is 6.42 Å². The van der Waals surface area contributed by atoms with Crippen molar-refractivity contribution in [1.29, 1.82) is 0 Å². The van der Waals surface area contributed by atoms with E-state index in [9.17, 15) is 0 Å². The predicted octanol–water partition coefficient (Wildman–Crippen LogP) is -0.293. The lowest BCUT2D eigenvalue weighted by molar-refractivity contribution is -0.857. The molecule has 0 aliphatic rings. The highest BCUT2D eigenvalue weighted by Gasteiger charge is 1.84. The first-order valence-electron chi connectivity index (χ1n) is 2.67. The van der Waals surface area contributed by atoms with Crippen LogP contribution in [0, 0.1) is 0 Å². The van der Waals surface area contributed by atoms with Gasteiger partial charge >= 0.3 is 0 Å². The second-order valence-corrected chi connectivity index (χ2v) is 2.03. The Hall–Kier alpha value is -0.300. The van der Waals surface area contributed by atoms with Gasteiger partial charge in [-0.1, -0.05) is 6.08 Å². The van der Waals surface area contributed by atoms with Crippen LogP contribution in [0.15, 0.2) is 12.7 Å². The fraction of sp³-hybridized carbons (Fsp3) is 0.667. The number of rotatable bonds is 3. The van der Waals surface area contributed by atoms with Gasteiger partial charge in [0.05, 0.1) is 20.6 Å². The summed E-state index contributed by atoms with van der Waals surface area (Å²) in [6, 6.07) is 0. The average molecular weight is 100 g/mol. The molecule has 0 aromatic heterocycles. The first-order valence-corrected chi connectivity index (χ1v) is 2.67. The fourth-order valence-electron chi connectivity index (χ4n) is 0.391. The molecule has 0 rings (SSSR count). The lowest BCUT2D eigenvalue weighted by Gasteiger charge is -2.01. The smallest absolute Gasteiger partial charge is 0.0801 e. The maximum Gasteiger partial charge on any atom is 0.0801 e. The standard InChI is InChI=1S/C6H13N/c1-4-5-6-7(2)3/h4H,1,5-6H2,2-3H3/p+1. The number of nitrogens with one attached hydrogen (secondary N) is 1. The van der Waals surface area contributed by atoms with Crippen LogP contribution < -0.4 is 4.90 Å². The van der Waals surface area contributed by atoms with E-state index < -0.39 is 0 Å². The molecule has 0 unspecified atom stereocenters. The SMILES string of the molecule is C=CCC[NH+](C)C. The lowest BCUT2D eigenvalue weighted by atomic mass is 10.4. The van der Waals surface area contributed by atoms with Crippen LogP contribution in [-0.2, 0) is 0 Å². The molecule has 0 saturated heterocycles. The zero-order valence-corrected chi connectivity index (χ0v) is 5.20. The van der Waals surface area contributed by atoms with Crippen molar-refractivity contribution < 1.29 is 4.90 Å². The summed E-state index contributed by atoms with van der Waals surface area (Å²) in [5.74, 6) is 0. The van der Waals surface area contributed by atoms with Crippen LogP contribution in [0.3, 0.4) is 0 Å². The Balaban J connectivity index is 2.81. The molecule has 7 heavy (non-hydrogen) atoms. The van der Waals surface area contributed by atoms with E-state index in [1.54, 1.807) is 0 Å². The van der Waals surface area contributed by atoms with E-state index >= 15 is 0 Å². The Morgan fingerprint density at radius 3 is 2.29 bits per heavy atom. The molecule has 0 aliphatic carbocycles. The molecule has 0 aromatic carbocycles. The molecular formula is C6H14N+. The molecule has 0 saturated carbocycles. The fourth-order valence-corrected chi connectivity index (χ4v) is 0.391. The molecular weight excluding hydrogens is 86.1 g/mol. The van der Waals surface area contributed by atoms with Crippen LogP contribution in [-0.4, -0.2) is 20.6 Å². The molecule has 0 amide bonds. The van der Waals surface area contributed by atoms with E-state index in [1.165, 1.54) is 11.4 Å². The van der Waals surface area contributed by atoms with Crippen molar-refractivity contribution in [3.63, 3.8) is 0 Å². The highest BCUT2D eigenvalue weighted by atomic mass is 15.0. The van der Waals surface area contributed by atoms with E-state index in [2.05, 4.69) is 20.7 Å². The van der Waals surface area contributed by atoms with Crippen molar-refractivity contribution in [3.8, 4) is 0 Å². The average Bonchev–Trinajstić information content (AvgIpc) is 1.61. The molecule has 0 spiro atoms. The van der Waals surface area contributed by atoms with E-state index in [1.807, 2.05) is 6.08 Å². The van der Waals surface area contributed by atoms with Gasteiger partial charge in [-0.25, -0.2) is 0 Å². The Morgan fingerprint density at radius 2 is 2.14 bits per heavy atom. The first kappa shape index (κ1) is 6.70. The van der Waals surface area contributed by atoms with Gasteiger partial charge in [0.25, 0.3) is 0 Å². The molecule has 0 bridgehead atoms. The third-order valence-electron chi connectivity index (χ3n) is 0.848. The summed E-state index contributed by atoms with van der Waals surface area (Å²) in [6.07, 6.45) is 3.08. The van der Waals surface area contributed by atoms with Crippen LogP contribution in [0.5, 0.6) is 0 Å². The summed E-state index contributed by atoms with van der Waals surface area (Å²) in [7, 11) is 4.28. The van der Waals surface area contributed by atoms with E-state index in [0.29, 0.717) is 0 Å². The Morgan fingerprint density at radius 1 is 1.57 bits per heavy atom. The first-order chi connectivity index (χ1) is 3.27. The molecule has 1 heteroatoms. The van der Waals surface area contributed by atoms with Crippen molar-refractivity contribution in [3.05, 3.63) is 12.7 Å². The molecule has 1 N–H and O–H groups in total. The molecule has 0 atom stereocenters. The van der Waals surface area contributed by atoms with Gasteiger partial charge in [0, 0.05) is 6.42 Å². The maximum atomic E-state index is 3.62. The highest BCUT2D eigenvalue weighted by molar-refractivity contribution is 4.63. The van der Waals surface area contributed by atoms with Gasteiger partial charge in [-0.05, 0) is 0 Å². The minimum atomic E-state index is 1.13. The molecule has 42 valence electrons. The van der Waals surface area contributed by atoms with Gasteiger partial charge in [0.1, 0.15) is 0 Å². The predicted molar refractivity (Wildman–Crippen MR) is 32.5 cm³/mol. The minimum Gasteiger partial charge on any atom is -0.340 e. The second-order valence-electron chi connectivity index (χ2n) is 2.03. The Labute approximate surface area is 45.6 Å². The third-order valence-corrected chi connectivity index (χ3v) is 0.848. The van der Waals surface area contributed by atoms with Crippen LogP contribution in [0.2, 0.25) is 0 Å². The van der Waals surface area contributed by atoms with Gasteiger partial charge in [0.2, 0.25) is 0 Å². The molecule has 0 aliphatic heterocycles. The summed E-state index contributed by atoms with van der Waals surface area (Å²) >= 11 is 0. The highest BCUT2D eigenvalue weighted by Crippen LogP contribution is 1.67. The summed E-state index contributed by atoms with van der Waals surface area (Å²) in [6.45, 7) is 4.82. The number of quaternary nitrogens is 1. The summed E-state index contributed by atoms with van der Waals surface area (Å²) in [4.78, 5) is 1.49. The topological polar surface area (TPSA) is 4.44 Å². The molecule has 0 radical (unpaired) electrons. The Kier molecular flexibility index (Phi) is 3.71. The normalized spacial score (nSPS) is 9.57. The molecule has 1 nitrogen and oxygen atoms in total. The van der Waals surface area contributed by atoms with Crippen LogP contribution in [0.25, 0.3) is 0 Å². The quantitative estimate of drug-likeness (QED) is 0.465. The second kappa shape index (κ2) is 3.88. The van der Waals surface area contributed by atoms with Gasteiger partial charge in [-0.3, -0.25) is 0 Å². The largest absolute Gasteiger partial charge is 0.340 e. The van der Waals surface area contributed by atoms with Gasteiger partial charge < -0.3 is 4.90 Å². The van der Waals surface area contributed by atoms with E-state index in [-0.39, 0.29) is 0 Å². The van der Waals surface area contributed by atoms with E-state index in [4.69, 9.17) is 0 Å². The third kappa shape index (κ3) is 5.70. The minimum absolute atomic E-state index is 1.13. The summed E-state index contributed by atoms with van der Waals surface area (Å²) in [5, 5.41) is 0. The van der Waals surface area contributed by atoms with Crippen LogP contribution in [0.1, 0.15) is 6.42 Å². The maximum absolute atomic E-state index is 3.62. The van der Waals surface area contributed by atoms with E-state index in [0.717, 1.165) is 6.42 Å². The zero-order chi connectivity index (χ0) is 5.70. The Bertz CT molecular complexity index is 48.1. The number of hydrogen-bond acceptors (Lipinski definition) is 0. The molecule has 0 aromatic rings. The van der Waals surface area contributed by atoms with Gasteiger partial charge in [-0.2, -0.15) is 0 Å². The zero-order valence-electron chi connectivity index (χ0n) is 5.20. The molecule has 0 fully saturated rings. The van der Waals surface area contributed by atoms with Gasteiger partial charge in [0.15, 0.2) is 0 Å². The van der Waals surface area contributed by atoms with Crippen LogP contribution >= 0.6 is 0 Å². The number of hydrogen-bond donors (Lipinski definition) is 1. The lowest BCUT2D eigenvalue weighted by Crippen LogP contribution is -3.05. The monoisotopic (exact) mass is 100 g/mol. The van der Waals surface area contributed by atoms with Crippen molar-refractivity contribution >= 4 is 0 Å². The summed E-state index contributed by atoms with van der Waals surface area (Å²) in [5.41, 5.74) is 0. The van der Waals surface area contributed by atoms with Gasteiger partial charge in [-0.15, -0.1) is 6.58 Å². The van der Waals surface area contributed by atoms with Crippen molar-refractivity contribution in [2.75, 3.05) is 20.6 Å². The van der Waals surface area contributed by atoms with Crippen molar-refractivity contribution in [2.24, 2.45) is 0 Å². The molecule has 0 heterocycles. The van der Waals surface area contributed by atoms with Crippen molar-refractivity contribution in [1.82, 2.24) is 0 Å².